The van der Waals surface area contributed by atoms with Gasteiger partial charge in [0.25, 0.3) is 0 Å². The molecule has 0 amide bonds. The maximum absolute atomic E-state index is 13.7. The third-order valence-electron chi connectivity index (χ3n) is 3.71. The Kier molecular flexibility index (Phi) is 3.69. The van der Waals surface area contributed by atoms with Crippen molar-refractivity contribution in [2.45, 2.75) is 13.5 Å². The molecule has 0 saturated carbocycles. The van der Waals surface area contributed by atoms with Crippen LogP contribution in [0, 0.1) is 12.7 Å². The first kappa shape index (κ1) is 15.0. The third-order valence-corrected chi connectivity index (χ3v) is 3.71. The van der Waals surface area contributed by atoms with Gasteiger partial charge in [0, 0.05) is 28.2 Å². The average molecular weight is 315 g/mol. The molecule has 3 rings (SSSR count). The van der Waals surface area contributed by atoms with Gasteiger partial charge in [-0.05, 0) is 31.2 Å². The molecule has 0 aliphatic carbocycles. The lowest BCUT2D eigenvalue weighted by molar-refractivity contribution is -0.141. The second kappa shape index (κ2) is 5.68. The van der Waals surface area contributed by atoms with Crippen molar-refractivity contribution in [2.75, 3.05) is 7.11 Å². The van der Waals surface area contributed by atoms with E-state index in [0.29, 0.717) is 22.2 Å². The van der Waals surface area contributed by atoms with Gasteiger partial charge in [-0.25, -0.2) is 4.39 Å². The lowest BCUT2D eigenvalue weighted by Crippen LogP contribution is -2.12. The van der Waals surface area contributed by atoms with E-state index in [0.717, 1.165) is 5.69 Å². The zero-order valence-electron chi connectivity index (χ0n) is 12.6. The smallest absolute Gasteiger partial charge is 0.325 e. The number of fused-ring (bicyclic) bond motifs is 1. The summed E-state index contributed by atoms with van der Waals surface area (Å²) in [4.78, 5) is 11.7. The highest BCUT2D eigenvalue weighted by Crippen LogP contribution is 2.34. The molecule has 0 fully saturated rings. The van der Waals surface area contributed by atoms with Crippen molar-refractivity contribution in [3.63, 3.8) is 0 Å². The van der Waals surface area contributed by atoms with E-state index in [1.807, 2.05) is 6.92 Å². The van der Waals surface area contributed by atoms with Gasteiger partial charge in [-0.2, -0.15) is 0 Å². The van der Waals surface area contributed by atoms with Crippen LogP contribution in [0.3, 0.4) is 0 Å². The molecule has 0 spiro atoms. The second-order valence-corrected chi connectivity index (χ2v) is 5.06. The van der Waals surface area contributed by atoms with Crippen LogP contribution in [0.15, 0.2) is 30.3 Å². The molecule has 1 aromatic carbocycles. The van der Waals surface area contributed by atoms with Gasteiger partial charge in [0.1, 0.15) is 12.4 Å². The van der Waals surface area contributed by atoms with Crippen LogP contribution in [0.5, 0.6) is 5.88 Å². The topological polar surface area (TPSA) is 77.2 Å². The molecular formula is C16H14FN3O3. The molecule has 0 unspecified atom stereocenters. The van der Waals surface area contributed by atoms with E-state index in [4.69, 9.17) is 4.74 Å². The minimum atomic E-state index is -0.405. The van der Waals surface area contributed by atoms with Crippen molar-refractivity contribution in [3.8, 4) is 17.1 Å². The lowest BCUT2D eigenvalue weighted by Gasteiger charge is -2.07. The minimum Gasteiger partial charge on any atom is -0.492 e. The predicted molar refractivity (Wildman–Crippen MR) is 81.3 cm³/mol. The van der Waals surface area contributed by atoms with E-state index in [1.165, 1.54) is 25.3 Å². The van der Waals surface area contributed by atoms with E-state index < -0.39 is 5.97 Å². The summed E-state index contributed by atoms with van der Waals surface area (Å²) in [6.07, 6.45) is 0. The molecule has 0 bridgehead atoms. The minimum absolute atomic E-state index is 0.00990. The van der Waals surface area contributed by atoms with E-state index in [9.17, 15) is 14.3 Å². The van der Waals surface area contributed by atoms with Gasteiger partial charge in [-0.15, -0.1) is 10.2 Å². The largest absolute Gasteiger partial charge is 0.492 e. The van der Waals surface area contributed by atoms with E-state index in [2.05, 4.69) is 10.2 Å². The SMILES string of the molecule is COC(=O)Cn1c(C)c(-c2ccc(O)nn2)c2cc(F)ccc21. The first-order chi connectivity index (χ1) is 11.0. The number of aromatic nitrogens is 3. The first-order valence-electron chi connectivity index (χ1n) is 6.89. The molecule has 0 aliphatic rings. The summed E-state index contributed by atoms with van der Waals surface area (Å²) < 4.78 is 20.1. The van der Waals surface area contributed by atoms with Gasteiger partial charge < -0.3 is 14.4 Å². The fraction of sp³-hybridized carbons (Fsp3) is 0.188. The molecule has 23 heavy (non-hydrogen) atoms. The Hall–Kier alpha value is -2.96. The lowest BCUT2D eigenvalue weighted by atomic mass is 10.1. The van der Waals surface area contributed by atoms with Crippen LogP contribution in [-0.2, 0) is 16.1 Å². The number of benzene rings is 1. The van der Waals surface area contributed by atoms with Crippen molar-refractivity contribution >= 4 is 16.9 Å². The average Bonchev–Trinajstić information content (AvgIpc) is 2.80. The summed E-state index contributed by atoms with van der Waals surface area (Å²) in [5.41, 5.74) is 2.57. The van der Waals surface area contributed by atoms with Gasteiger partial charge in [0.15, 0.2) is 0 Å². The number of carbonyl (C=O) groups is 1. The molecule has 0 aliphatic heterocycles. The van der Waals surface area contributed by atoms with Crippen molar-refractivity contribution in [1.82, 2.24) is 14.8 Å². The third kappa shape index (κ3) is 2.61. The summed E-state index contributed by atoms with van der Waals surface area (Å²) in [6.45, 7) is 1.82. The van der Waals surface area contributed by atoms with Crippen molar-refractivity contribution in [3.05, 3.63) is 41.8 Å². The van der Waals surface area contributed by atoms with Gasteiger partial charge in [0.05, 0.1) is 12.8 Å². The Bertz CT molecular complexity index is 888. The molecule has 3 aromatic rings. The molecule has 1 N–H and O–H groups in total. The number of esters is 1. The van der Waals surface area contributed by atoms with Crippen LogP contribution < -0.4 is 0 Å². The van der Waals surface area contributed by atoms with E-state index in [1.54, 1.807) is 16.7 Å². The van der Waals surface area contributed by atoms with E-state index in [-0.39, 0.29) is 18.2 Å². The Morgan fingerprint density at radius 3 is 2.74 bits per heavy atom. The highest BCUT2D eigenvalue weighted by atomic mass is 19.1. The number of hydrogen-bond acceptors (Lipinski definition) is 5. The van der Waals surface area contributed by atoms with Crippen LogP contribution in [-0.4, -0.2) is 33.0 Å². The standard InChI is InChI=1S/C16H14FN3O3/c1-9-16(12-4-6-14(21)19-18-12)11-7-10(17)3-5-13(11)20(9)8-15(22)23-2/h3-7H,8H2,1-2H3,(H,19,21). The van der Waals surface area contributed by atoms with Crippen molar-refractivity contribution in [2.24, 2.45) is 0 Å². The summed E-state index contributed by atoms with van der Waals surface area (Å²) in [5.74, 6) is -0.991. The number of rotatable bonds is 3. The molecule has 0 radical (unpaired) electrons. The summed E-state index contributed by atoms with van der Waals surface area (Å²) in [6, 6.07) is 7.34. The molecule has 118 valence electrons. The first-order valence-corrected chi connectivity index (χ1v) is 6.89. The van der Waals surface area contributed by atoms with E-state index >= 15 is 0 Å². The molecule has 7 heteroatoms. The quantitative estimate of drug-likeness (QED) is 0.751. The van der Waals surface area contributed by atoms with Gasteiger partial charge in [-0.1, -0.05) is 0 Å². The van der Waals surface area contributed by atoms with Crippen LogP contribution in [0.4, 0.5) is 4.39 Å². The maximum Gasteiger partial charge on any atom is 0.325 e. The normalized spacial score (nSPS) is 10.9. The Morgan fingerprint density at radius 2 is 2.09 bits per heavy atom. The molecule has 0 atom stereocenters. The Morgan fingerprint density at radius 1 is 1.30 bits per heavy atom. The fourth-order valence-electron chi connectivity index (χ4n) is 2.63. The molecule has 0 saturated heterocycles. The fourth-order valence-corrected chi connectivity index (χ4v) is 2.63. The molecule has 2 heterocycles. The van der Waals surface area contributed by atoms with Crippen molar-refractivity contribution < 1.29 is 19.0 Å². The number of hydrogen-bond donors (Lipinski definition) is 1. The number of aromatic hydroxyl groups is 1. The predicted octanol–water partition coefficient (Wildman–Crippen LogP) is 2.42. The highest BCUT2D eigenvalue weighted by molar-refractivity contribution is 5.97. The number of nitrogens with zero attached hydrogens (tertiary/aromatic N) is 3. The van der Waals surface area contributed by atoms with Crippen LogP contribution in [0.1, 0.15) is 5.69 Å². The molecular weight excluding hydrogens is 301 g/mol. The van der Waals surface area contributed by atoms with Crippen LogP contribution in [0.25, 0.3) is 22.2 Å². The molecule has 6 nitrogen and oxygen atoms in total. The molecule has 2 aromatic heterocycles. The second-order valence-electron chi connectivity index (χ2n) is 5.06. The number of carbonyl (C=O) groups excluding carboxylic acids is 1. The number of ether oxygens (including phenoxy) is 1. The number of halogens is 1. The van der Waals surface area contributed by atoms with Crippen molar-refractivity contribution in [1.29, 1.82) is 0 Å². The summed E-state index contributed by atoms with van der Waals surface area (Å²) in [7, 11) is 1.31. The van der Waals surface area contributed by atoms with Crippen LogP contribution >= 0.6 is 0 Å². The zero-order valence-corrected chi connectivity index (χ0v) is 12.6. The Balaban J connectivity index is 2.28. The monoisotopic (exact) mass is 315 g/mol. The van der Waals surface area contributed by atoms with Gasteiger partial charge >= 0.3 is 5.97 Å². The zero-order chi connectivity index (χ0) is 16.6. The van der Waals surface area contributed by atoms with Gasteiger partial charge in [0.2, 0.25) is 5.88 Å². The summed E-state index contributed by atoms with van der Waals surface area (Å²) in [5, 5.41) is 17.5. The highest BCUT2D eigenvalue weighted by Gasteiger charge is 2.19. The Labute approximate surface area is 131 Å². The number of methoxy groups -OCH3 is 1. The maximum atomic E-state index is 13.7. The summed E-state index contributed by atoms with van der Waals surface area (Å²) >= 11 is 0. The van der Waals surface area contributed by atoms with Crippen LogP contribution in [0.2, 0.25) is 0 Å². The van der Waals surface area contributed by atoms with Gasteiger partial charge in [-0.3, -0.25) is 4.79 Å².